The van der Waals surface area contributed by atoms with E-state index in [1.54, 1.807) is 24.3 Å². The number of carbonyl (C=O) groups excluding carboxylic acids is 2. The van der Waals surface area contributed by atoms with Crippen LogP contribution in [-0.2, 0) is 16.0 Å². The normalized spacial score (nSPS) is 11.6. The molecule has 120 valence electrons. The zero-order chi connectivity index (χ0) is 16.8. The largest absolute Gasteiger partial charge is 0.467 e. The van der Waals surface area contributed by atoms with E-state index in [1.165, 1.54) is 7.11 Å². The van der Waals surface area contributed by atoms with E-state index in [0.29, 0.717) is 0 Å². The van der Waals surface area contributed by atoms with Crippen molar-refractivity contribution < 1.29 is 23.1 Å². The molecule has 0 unspecified atom stereocenters. The lowest BCUT2D eigenvalue weighted by Crippen LogP contribution is -2.43. The van der Waals surface area contributed by atoms with E-state index in [9.17, 15) is 18.4 Å². The molecule has 1 amide bonds. The minimum absolute atomic E-state index is 0.0779. The van der Waals surface area contributed by atoms with Crippen LogP contribution in [0.2, 0.25) is 0 Å². The molecular weight excluding hydrogens is 304 g/mol. The van der Waals surface area contributed by atoms with Gasteiger partial charge in [0.05, 0.1) is 7.11 Å². The van der Waals surface area contributed by atoms with Crippen molar-refractivity contribution in [3.8, 4) is 0 Å². The van der Waals surface area contributed by atoms with Crippen LogP contribution in [0.4, 0.5) is 8.78 Å². The van der Waals surface area contributed by atoms with Crippen molar-refractivity contribution in [2.75, 3.05) is 7.11 Å². The van der Waals surface area contributed by atoms with Gasteiger partial charge in [-0.25, -0.2) is 13.6 Å². The molecule has 1 atom stereocenters. The first-order valence-corrected chi connectivity index (χ1v) is 6.89. The van der Waals surface area contributed by atoms with Crippen LogP contribution in [0.3, 0.4) is 0 Å². The SMILES string of the molecule is COC(=O)[C@@H](Cc1ccccc1)NC(=O)c1ccc(F)c(F)c1. The number of esters is 1. The lowest BCUT2D eigenvalue weighted by Gasteiger charge is -2.16. The number of amides is 1. The first-order chi connectivity index (χ1) is 11.0. The highest BCUT2D eigenvalue weighted by atomic mass is 19.2. The number of halogens is 2. The lowest BCUT2D eigenvalue weighted by molar-refractivity contribution is -0.142. The number of carbonyl (C=O) groups is 2. The molecule has 2 aromatic rings. The van der Waals surface area contributed by atoms with Gasteiger partial charge in [-0.1, -0.05) is 30.3 Å². The van der Waals surface area contributed by atoms with Crippen LogP contribution >= 0.6 is 0 Å². The minimum atomic E-state index is -1.13. The monoisotopic (exact) mass is 319 g/mol. The molecule has 0 aliphatic rings. The van der Waals surface area contributed by atoms with Gasteiger partial charge in [0.1, 0.15) is 6.04 Å². The highest BCUT2D eigenvalue weighted by molar-refractivity contribution is 5.96. The van der Waals surface area contributed by atoms with Crippen LogP contribution in [0, 0.1) is 11.6 Å². The van der Waals surface area contributed by atoms with E-state index in [1.807, 2.05) is 6.07 Å². The third-order valence-electron chi connectivity index (χ3n) is 3.26. The summed E-state index contributed by atoms with van der Waals surface area (Å²) in [7, 11) is 1.21. The van der Waals surface area contributed by atoms with Gasteiger partial charge >= 0.3 is 5.97 Å². The Hall–Kier alpha value is -2.76. The van der Waals surface area contributed by atoms with E-state index in [4.69, 9.17) is 0 Å². The van der Waals surface area contributed by atoms with Crippen molar-refractivity contribution in [2.24, 2.45) is 0 Å². The van der Waals surface area contributed by atoms with E-state index in [2.05, 4.69) is 10.1 Å². The molecule has 0 aliphatic heterocycles. The maximum absolute atomic E-state index is 13.2. The summed E-state index contributed by atoms with van der Waals surface area (Å²) in [6, 6.07) is 10.9. The molecule has 2 aromatic carbocycles. The van der Waals surface area contributed by atoms with Gasteiger partial charge in [0.25, 0.3) is 5.91 Å². The minimum Gasteiger partial charge on any atom is -0.467 e. The fourth-order valence-corrected chi connectivity index (χ4v) is 2.06. The molecular formula is C17H15F2NO3. The van der Waals surface area contributed by atoms with Gasteiger partial charge in [0.15, 0.2) is 11.6 Å². The second-order valence-electron chi connectivity index (χ2n) is 4.87. The van der Waals surface area contributed by atoms with Crippen LogP contribution < -0.4 is 5.32 Å². The Morgan fingerprint density at radius 3 is 2.39 bits per heavy atom. The number of nitrogens with one attached hydrogen (secondary N) is 1. The zero-order valence-electron chi connectivity index (χ0n) is 12.4. The van der Waals surface area contributed by atoms with Gasteiger partial charge in [-0.05, 0) is 23.8 Å². The van der Waals surface area contributed by atoms with Crippen molar-refractivity contribution in [2.45, 2.75) is 12.5 Å². The van der Waals surface area contributed by atoms with Crippen LogP contribution in [0.25, 0.3) is 0 Å². The van der Waals surface area contributed by atoms with Gasteiger partial charge in [0, 0.05) is 12.0 Å². The second kappa shape index (κ2) is 7.49. The topological polar surface area (TPSA) is 55.4 Å². The molecule has 0 aliphatic carbocycles. The Balaban J connectivity index is 2.15. The molecule has 0 bridgehead atoms. The Kier molecular flexibility index (Phi) is 5.41. The average molecular weight is 319 g/mol. The quantitative estimate of drug-likeness (QED) is 0.862. The first-order valence-electron chi connectivity index (χ1n) is 6.89. The van der Waals surface area contributed by atoms with Gasteiger partial charge in [0.2, 0.25) is 0 Å². The molecule has 0 spiro atoms. The predicted molar refractivity (Wildman–Crippen MR) is 79.8 cm³/mol. The summed E-state index contributed by atoms with van der Waals surface area (Å²) in [4.78, 5) is 24.0. The third kappa shape index (κ3) is 4.35. The van der Waals surface area contributed by atoms with E-state index < -0.39 is 29.6 Å². The Morgan fingerprint density at radius 2 is 1.78 bits per heavy atom. The lowest BCUT2D eigenvalue weighted by atomic mass is 10.1. The highest BCUT2D eigenvalue weighted by Gasteiger charge is 2.23. The number of benzene rings is 2. The first kappa shape index (κ1) is 16.6. The number of rotatable bonds is 5. The number of ether oxygens (including phenoxy) is 1. The maximum atomic E-state index is 13.2. The van der Waals surface area contributed by atoms with E-state index >= 15 is 0 Å². The summed E-state index contributed by atoms with van der Waals surface area (Å²) in [6.45, 7) is 0. The van der Waals surface area contributed by atoms with Gasteiger partial charge in [-0.15, -0.1) is 0 Å². The van der Waals surface area contributed by atoms with Gasteiger partial charge in [-0.3, -0.25) is 4.79 Å². The van der Waals surface area contributed by atoms with Crippen LogP contribution in [-0.4, -0.2) is 25.0 Å². The van der Waals surface area contributed by atoms with Gasteiger partial charge < -0.3 is 10.1 Å². The van der Waals surface area contributed by atoms with E-state index in [0.717, 1.165) is 23.8 Å². The molecule has 0 fully saturated rings. The molecule has 0 radical (unpaired) electrons. The fourth-order valence-electron chi connectivity index (χ4n) is 2.06. The summed E-state index contributed by atoms with van der Waals surface area (Å²) >= 11 is 0. The maximum Gasteiger partial charge on any atom is 0.328 e. The van der Waals surface area contributed by atoms with Crippen LogP contribution in [0.1, 0.15) is 15.9 Å². The molecule has 4 nitrogen and oxygen atoms in total. The second-order valence-corrected chi connectivity index (χ2v) is 4.87. The number of hydrogen-bond donors (Lipinski definition) is 1. The molecule has 0 aromatic heterocycles. The summed E-state index contributed by atoms with van der Waals surface area (Å²) in [6.07, 6.45) is 0.225. The zero-order valence-corrected chi connectivity index (χ0v) is 12.4. The molecule has 1 N–H and O–H groups in total. The molecule has 0 heterocycles. The average Bonchev–Trinajstić information content (AvgIpc) is 2.56. The summed E-state index contributed by atoms with van der Waals surface area (Å²) < 4.78 is 30.8. The van der Waals surface area contributed by atoms with Crippen molar-refractivity contribution >= 4 is 11.9 Å². The van der Waals surface area contributed by atoms with Gasteiger partial charge in [-0.2, -0.15) is 0 Å². The molecule has 2 rings (SSSR count). The highest BCUT2D eigenvalue weighted by Crippen LogP contribution is 2.10. The summed E-state index contributed by atoms with van der Waals surface area (Å²) in [5.74, 6) is -3.48. The van der Waals surface area contributed by atoms with Crippen molar-refractivity contribution in [1.82, 2.24) is 5.32 Å². The summed E-state index contributed by atoms with van der Waals surface area (Å²) in [5, 5.41) is 2.48. The van der Waals surface area contributed by atoms with Crippen LogP contribution in [0.15, 0.2) is 48.5 Å². The number of hydrogen-bond acceptors (Lipinski definition) is 3. The van der Waals surface area contributed by atoms with Crippen molar-refractivity contribution in [3.63, 3.8) is 0 Å². The smallest absolute Gasteiger partial charge is 0.328 e. The van der Waals surface area contributed by atoms with E-state index in [-0.39, 0.29) is 12.0 Å². The molecule has 0 saturated carbocycles. The predicted octanol–water partition coefficient (Wildman–Crippen LogP) is 2.48. The molecule has 0 saturated heterocycles. The molecule has 6 heteroatoms. The third-order valence-corrected chi connectivity index (χ3v) is 3.26. The molecule has 23 heavy (non-hydrogen) atoms. The standard InChI is InChI=1S/C17H15F2NO3/c1-23-17(22)15(9-11-5-3-2-4-6-11)20-16(21)12-7-8-13(18)14(19)10-12/h2-8,10,15H,9H2,1H3,(H,20,21)/t15-/m1/s1. The van der Waals surface area contributed by atoms with Crippen molar-refractivity contribution in [3.05, 3.63) is 71.3 Å². The number of methoxy groups -OCH3 is 1. The fraction of sp³-hybridized carbons (Fsp3) is 0.176. The van der Waals surface area contributed by atoms with Crippen molar-refractivity contribution in [1.29, 1.82) is 0 Å². The Labute approximate surface area is 132 Å². The Bertz CT molecular complexity index is 704. The summed E-state index contributed by atoms with van der Waals surface area (Å²) in [5.41, 5.74) is 0.749. The Morgan fingerprint density at radius 1 is 1.09 bits per heavy atom. The van der Waals surface area contributed by atoms with Crippen LogP contribution in [0.5, 0.6) is 0 Å².